The smallest absolute Gasteiger partial charge is 0.322 e. The molecule has 2 N–H and O–H groups in total. The van der Waals surface area contributed by atoms with Crippen LogP contribution in [0.15, 0.2) is 78.5 Å². The lowest BCUT2D eigenvalue weighted by atomic mass is 9.95. The fourth-order valence-corrected chi connectivity index (χ4v) is 4.57. The Morgan fingerprint density at radius 1 is 1.15 bits per heavy atom. The van der Waals surface area contributed by atoms with Crippen molar-refractivity contribution < 1.29 is 18.8 Å². The Bertz CT molecular complexity index is 1170. The summed E-state index contributed by atoms with van der Waals surface area (Å²) in [6.45, 7) is 4.05. The SMILES string of the molecule is C=CCN1C(=O)N[C@@H](c2ccc(F)cc2)C2=C1CN([C@@H](C(=O)NC1CC1)c1ccccc1)C2=O. The molecule has 174 valence electrons. The van der Waals surface area contributed by atoms with Crippen LogP contribution >= 0.6 is 0 Å². The van der Waals surface area contributed by atoms with Crippen molar-refractivity contribution in [1.29, 1.82) is 0 Å². The number of rotatable bonds is 7. The number of hydrogen-bond acceptors (Lipinski definition) is 3. The van der Waals surface area contributed by atoms with E-state index in [1.54, 1.807) is 18.2 Å². The number of carbonyl (C=O) groups is 3. The van der Waals surface area contributed by atoms with Crippen molar-refractivity contribution in [3.63, 3.8) is 0 Å². The van der Waals surface area contributed by atoms with Crippen LogP contribution in [0.1, 0.15) is 36.1 Å². The van der Waals surface area contributed by atoms with E-state index in [0.717, 1.165) is 12.8 Å². The van der Waals surface area contributed by atoms with Crippen LogP contribution in [0, 0.1) is 5.82 Å². The second-order valence-electron chi connectivity index (χ2n) is 8.72. The van der Waals surface area contributed by atoms with Gasteiger partial charge in [0.25, 0.3) is 5.91 Å². The van der Waals surface area contributed by atoms with Gasteiger partial charge in [-0.25, -0.2) is 9.18 Å². The van der Waals surface area contributed by atoms with Crippen molar-refractivity contribution in [1.82, 2.24) is 20.4 Å². The fraction of sp³-hybridized carbons (Fsp3) is 0.269. The van der Waals surface area contributed by atoms with E-state index in [4.69, 9.17) is 0 Å². The monoisotopic (exact) mass is 460 g/mol. The zero-order valence-electron chi connectivity index (χ0n) is 18.5. The summed E-state index contributed by atoms with van der Waals surface area (Å²) in [5.74, 6) is -0.985. The Labute approximate surface area is 196 Å². The molecule has 2 aromatic carbocycles. The predicted molar refractivity (Wildman–Crippen MR) is 124 cm³/mol. The van der Waals surface area contributed by atoms with Crippen LogP contribution in [0.3, 0.4) is 0 Å². The maximum absolute atomic E-state index is 13.9. The summed E-state index contributed by atoms with van der Waals surface area (Å²) in [6.07, 6.45) is 3.44. The summed E-state index contributed by atoms with van der Waals surface area (Å²) in [6, 6.07) is 13.0. The van der Waals surface area contributed by atoms with E-state index in [0.29, 0.717) is 22.4 Å². The van der Waals surface area contributed by atoms with Gasteiger partial charge < -0.3 is 15.5 Å². The number of halogens is 1. The summed E-state index contributed by atoms with van der Waals surface area (Å²) in [7, 11) is 0. The van der Waals surface area contributed by atoms with Crippen LogP contribution in [0.4, 0.5) is 9.18 Å². The molecular weight excluding hydrogens is 435 g/mol. The molecule has 5 rings (SSSR count). The molecule has 0 unspecified atom stereocenters. The molecule has 0 radical (unpaired) electrons. The molecule has 0 bridgehead atoms. The molecule has 0 spiro atoms. The van der Waals surface area contributed by atoms with Crippen molar-refractivity contribution in [3.05, 3.63) is 95.5 Å². The number of hydrogen-bond donors (Lipinski definition) is 2. The summed E-state index contributed by atoms with van der Waals surface area (Å²) in [5.41, 5.74) is 2.20. The van der Waals surface area contributed by atoms with Gasteiger partial charge in [0.1, 0.15) is 11.9 Å². The van der Waals surface area contributed by atoms with Gasteiger partial charge in [0.05, 0.1) is 23.9 Å². The predicted octanol–water partition coefficient (Wildman–Crippen LogP) is 3.19. The Morgan fingerprint density at radius 3 is 2.50 bits per heavy atom. The lowest BCUT2D eigenvalue weighted by Crippen LogP contribution is -2.47. The first kappa shape index (κ1) is 21.9. The minimum Gasteiger partial charge on any atom is -0.351 e. The normalized spacial score (nSPS) is 20.7. The third-order valence-electron chi connectivity index (χ3n) is 6.36. The van der Waals surface area contributed by atoms with Gasteiger partial charge in [-0.3, -0.25) is 14.5 Å². The maximum Gasteiger partial charge on any atom is 0.322 e. The van der Waals surface area contributed by atoms with Gasteiger partial charge in [-0.2, -0.15) is 0 Å². The Hall–Kier alpha value is -3.94. The van der Waals surface area contributed by atoms with Crippen molar-refractivity contribution in [2.45, 2.75) is 31.0 Å². The molecule has 1 fully saturated rings. The molecule has 2 heterocycles. The lowest BCUT2D eigenvalue weighted by molar-refractivity contribution is -0.136. The molecule has 7 nitrogen and oxygen atoms in total. The largest absolute Gasteiger partial charge is 0.351 e. The lowest BCUT2D eigenvalue weighted by Gasteiger charge is -2.33. The van der Waals surface area contributed by atoms with Gasteiger partial charge in [0.2, 0.25) is 5.91 Å². The van der Waals surface area contributed by atoms with E-state index in [1.165, 1.54) is 21.9 Å². The van der Waals surface area contributed by atoms with E-state index < -0.39 is 17.9 Å². The second kappa shape index (κ2) is 8.78. The van der Waals surface area contributed by atoms with Crippen LogP contribution in [0.5, 0.6) is 0 Å². The highest BCUT2D eigenvalue weighted by Crippen LogP contribution is 2.40. The minimum absolute atomic E-state index is 0.102. The van der Waals surface area contributed by atoms with Crippen molar-refractivity contribution in [3.8, 4) is 0 Å². The number of nitrogens with zero attached hydrogens (tertiary/aromatic N) is 2. The third-order valence-corrected chi connectivity index (χ3v) is 6.36. The van der Waals surface area contributed by atoms with Gasteiger partial charge in [-0.05, 0) is 36.1 Å². The molecule has 3 aliphatic rings. The summed E-state index contributed by atoms with van der Waals surface area (Å²) < 4.78 is 13.6. The van der Waals surface area contributed by atoms with Crippen LogP contribution in [-0.4, -0.2) is 46.8 Å². The Balaban J connectivity index is 1.55. The summed E-state index contributed by atoms with van der Waals surface area (Å²) >= 11 is 0. The van der Waals surface area contributed by atoms with Crippen LogP contribution < -0.4 is 10.6 Å². The highest BCUT2D eigenvalue weighted by molar-refractivity contribution is 6.04. The van der Waals surface area contributed by atoms with Crippen LogP contribution in [0.25, 0.3) is 0 Å². The molecule has 2 atom stereocenters. The molecule has 0 saturated heterocycles. The quantitative estimate of drug-likeness (QED) is 0.623. The number of benzene rings is 2. The summed E-state index contributed by atoms with van der Waals surface area (Å²) in [5, 5.41) is 5.89. The van der Waals surface area contributed by atoms with Crippen molar-refractivity contribution >= 4 is 17.8 Å². The molecule has 1 aliphatic carbocycles. The van der Waals surface area contributed by atoms with E-state index in [1.807, 2.05) is 30.3 Å². The van der Waals surface area contributed by atoms with Gasteiger partial charge in [0, 0.05) is 12.6 Å². The van der Waals surface area contributed by atoms with Gasteiger partial charge in [-0.15, -0.1) is 6.58 Å². The third kappa shape index (κ3) is 3.96. The van der Waals surface area contributed by atoms with Crippen molar-refractivity contribution in [2.24, 2.45) is 0 Å². The molecule has 2 aliphatic heterocycles. The van der Waals surface area contributed by atoms with E-state index in [9.17, 15) is 18.8 Å². The highest BCUT2D eigenvalue weighted by atomic mass is 19.1. The zero-order chi connectivity index (χ0) is 23.8. The minimum atomic E-state index is -0.838. The van der Waals surface area contributed by atoms with Crippen LogP contribution in [0.2, 0.25) is 0 Å². The molecule has 0 aromatic heterocycles. The van der Waals surface area contributed by atoms with Gasteiger partial charge in [0.15, 0.2) is 0 Å². The fourth-order valence-electron chi connectivity index (χ4n) is 4.57. The van der Waals surface area contributed by atoms with Gasteiger partial charge >= 0.3 is 6.03 Å². The number of urea groups is 1. The molecular formula is C26H25FN4O3. The highest BCUT2D eigenvalue weighted by Gasteiger charge is 2.47. The number of nitrogens with one attached hydrogen (secondary N) is 2. The molecule has 1 saturated carbocycles. The Morgan fingerprint density at radius 2 is 1.85 bits per heavy atom. The van der Waals surface area contributed by atoms with E-state index in [2.05, 4.69) is 17.2 Å². The molecule has 34 heavy (non-hydrogen) atoms. The zero-order valence-corrected chi connectivity index (χ0v) is 18.5. The maximum atomic E-state index is 13.9. The number of amides is 4. The topological polar surface area (TPSA) is 81.8 Å². The average Bonchev–Trinajstić information content (AvgIpc) is 3.59. The number of carbonyl (C=O) groups excluding carboxylic acids is 3. The molecule has 4 amide bonds. The summed E-state index contributed by atoms with van der Waals surface area (Å²) in [4.78, 5) is 43.2. The first-order valence-electron chi connectivity index (χ1n) is 11.3. The van der Waals surface area contributed by atoms with Crippen molar-refractivity contribution in [2.75, 3.05) is 13.1 Å². The second-order valence-corrected chi connectivity index (χ2v) is 8.72. The first-order chi connectivity index (χ1) is 16.5. The van der Waals surface area contributed by atoms with Gasteiger partial charge in [-0.1, -0.05) is 48.5 Å². The Kier molecular flexibility index (Phi) is 5.65. The van der Waals surface area contributed by atoms with E-state index >= 15 is 0 Å². The standard InChI is InChI=1S/C26H25FN4O3/c1-2-14-30-20-15-31(23(17-6-4-3-5-7-17)24(32)28-19-12-13-19)25(33)21(20)22(29-26(30)34)16-8-10-18(27)11-9-16/h2-11,19,22-23H,1,12-15H2,(H,28,32)(H,29,34)/t22-,23+/m0/s1. The average molecular weight is 461 g/mol. The van der Waals surface area contributed by atoms with E-state index in [-0.39, 0.29) is 37.0 Å². The van der Waals surface area contributed by atoms with Crippen LogP contribution in [-0.2, 0) is 9.59 Å². The first-order valence-corrected chi connectivity index (χ1v) is 11.3. The molecule has 8 heteroatoms. The molecule has 2 aromatic rings.